The molecule has 60 valence electrons. The molecule has 0 rings (SSSR count). The predicted octanol–water partition coefficient (Wildman–Crippen LogP) is 3.89. The molecule has 0 aliphatic rings. The number of thiol groups is 1. The van der Waals surface area contributed by atoms with Crippen LogP contribution in [0.1, 0.15) is 6.92 Å². The molecule has 1 unspecified atom stereocenters. The van der Waals surface area contributed by atoms with Gasteiger partial charge in [0.05, 0.1) is 4.44 Å². The van der Waals surface area contributed by atoms with E-state index in [2.05, 4.69) is 41.7 Å². The van der Waals surface area contributed by atoms with Gasteiger partial charge in [-0.1, -0.05) is 41.2 Å². The summed E-state index contributed by atoms with van der Waals surface area (Å²) in [5, 5.41) is 0. The summed E-state index contributed by atoms with van der Waals surface area (Å²) in [4.78, 5) is 0. The van der Waals surface area contributed by atoms with Gasteiger partial charge in [-0.15, -0.1) is 23.6 Å². The lowest BCUT2D eigenvalue weighted by Gasteiger charge is -2.10. The van der Waals surface area contributed by atoms with E-state index in [9.17, 15) is 0 Å². The van der Waals surface area contributed by atoms with E-state index in [0.29, 0.717) is 0 Å². The zero-order chi connectivity index (χ0) is 8.20. The van der Waals surface area contributed by atoms with Crippen molar-refractivity contribution in [3.63, 3.8) is 0 Å². The summed E-state index contributed by atoms with van der Waals surface area (Å²) in [5.74, 6) is 0.884. The minimum absolute atomic E-state index is 0.884. The molecule has 0 bridgehead atoms. The molecule has 0 saturated heterocycles. The Labute approximate surface area is 85.3 Å². The van der Waals surface area contributed by atoms with Gasteiger partial charge < -0.3 is 0 Å². The highest BCUT2D eigenvalue weighted by Gasteiger charge is 2.07. The third-order valence-electron chi connectivity index (χ3n) is 0.823. The summed E-state index contributed by atoms with van der Waals surface area (Å²) < 4.78 is -0.379. The fraction of sp³-hybridized carbons (Fsp3) is 0.600. The standard InChI is InChI=1S/C5H10BrPS3/c1-3-7(8,9)10-4-5(2)6/h2-4H2,1H3,(H,8,9). The average Bonchev–Trinajstić information content (AvgIpc) is 1.85. The molecule has 0 aromatic rings. The van der Waals surface area contributed by atoms with Crippen LogP contribution in [0.15, 0.2) is 11.1 Å². The molecule has 0 amide bonds. The first kappa shape index (κ1) is 11.6. The quantitative estimate of drug-likeness (QED) is 0.611. The first-order valence-electron chi connectivity index (χ1n) is 2.77. The highest BCUT2D eigenvalue weighted by Crippen LogP contribution is 2.63. The van der Waals surface area contributed by atoms with E-state index in [4.69, 9.17) is 11.8 Å². The Hall–Kier alpha value is 1.57. The van der Waals surface area contributed by atoms with Crippen molar-refractivity contribution in [3.05, 3.63) is 11.1 Å². The third-order valence-corrected chi connectivity index (χ3v) is 9.14. The molecule has 0 N–H and O–H groups in total. The topological polar surface area (TPSA) is 0 Å². The first-order chi connectivity index (χ1) is 4.48. The van der Waals surface area contributed by atoms with Crippen molar-refractivity contribution in [3.8, 4) is 0 Å². The Morgan fingerprint density at radius 1 is 1.90 bits per heavy atom. The molecule has 1 atom stereocenters. The van der Waals surface area contributed by atoms with Gasteiger partial charge in [0.15, 0.2) is 0 Å². The second-order valence-corrected chi connectivity index (χ2v) is 14.2. The zero-order valence-corrected chi connectivity index (χ0v) is 10.7. The van der Waals surface area contributed by atoms with Crippen LogP contribution in [0.25, 0.3) is 0 Å². The number of rotatable bonds is 4. The largest absolute Gasteiger partial charge is 0.131 e. The molecule has 0 fully saturated rings. The van der Waals surface area contributed by atoms with Gasteiger partial charge in [0.2, 0.25) is 0 Å². The summed E-state index contributed by atoms with van der Waals surface area (Å²) in [6.07, 6.45) is 0.996. The van der Waals surface area contributed by atoms with Crippen molar-refractivity contribution in [1.82, 2.24) is 0 Å². The molecule has 0 heterocycles. The minimum atomic E-state index is -1.37. The lowest BCUT2D eigenvalue weighted by atomic mass is 10.8. The Morgan fingerprint density at radius 3 is 2.70 bits per heavy atom. The highest BCUT2D eigenvalue weighted by molar-refractivity contribution is 9.12. The average molecular weight is 277 g/mol. The van der Waals surface area contributed by atoms with Gasteiger partial charge in [0, 0.05) is 5.75 Å². The van der Waals surface area contributed by atoms with Gasteiger partial charge in [0.25, 0.3) is 0 Å². The third kappa shape index (κ3) is 6.29. The molecule has 0 radical (unpaired) electrons. The van der Waals surface area contributed by atoms with Crippen molar-refractivity contribution in [2.75, 3.05) is 11.9 Å². The number of hydrogen-bond acceptors (Lipinski definition) is 2. The molecule has 0 spiro atoms. The summed E-state index contributed by atoms with van der Waals surface area (Å²) in [6.45, 7) is 5.81. The van der Waals surface area contributed by atoms with Gasteiger partial charge in [-0.05, 0) is 10.6 Å². The van der Waals surface area contributed by atoms with Gasteiger partial charge >= 0.3 is 0 Å². The van der Waals surface area contributed by atoms with E-state index in [1.165, 1.54) is 0 Å². The van der Waals surface area contributed by atoms with Crippen LogP contribution in [0.4, 0.5) is 0 Å². The zero-order valence-electron chi connectivity index (χ0n) is 5.71. The number of hydrogen-bond donors (Lipinski definition) is 1. The van der Waals surface area contributed by atoms with E-state index >= 15 is 0 Å². The predicted molar refractivity (Wildman–Crippen MR) is 64.3 cm³/mol. The Bertz CT molecular complexity index is 168. The lowest BCUT2D eigenvalue weighted by Crippen LogP contribution is -1.75. The Kier molecular flexibility index (Phi) is 6.08. The van der Waals surface area contributed by atoms with Crippen LogP contribution in [0.5, 0.6) is 0 Å². The maximum absolute atomic E-state index is 5.24. The SMILES string of the molecule is C=C(Br)CSP(=S)(S)CC. The molecule has 0 nitrogen and oxygen atoms in total. The monoisotopic (exact) mass is 276 g/mol. The summed E-state index contributed by atoms with van der Waals surface area (Å²) in [7, 11) is 0. The highest BCUT2D eigenvalue weighted by atomic mass is 79.9. The second-order valence-electron chi connectivity index (χ2n) is 1.74. The van der Waals surface area contributed by atoms with Crippen molar-refractivity contribution in [2.45, 2.75) is 6.92 Å². The molecule has 5 heteroatoms. The summed E-state index contributed by atoms with van der Waals surface area (Å²) in [6, 6.07) is 0. The summed E-state index contributed by atoms with van der Waals surface area (Å²) >= 11 is 14.6. The molecule has 0 saturated carbocycles. The molecule has 0 aliphatic carbocycles. The van der Waals surface area contributed by atoms with Crippen molar-refractivity contribution >= 4 is 55.8 Å². The van der Waals surface area contributed by atoms with E-state index < -0.39 is 4.44 Å². The maximum Gasteiger partial charge on any atom is 0.0543 e. The van der Waals surface area contributed by atoms with Crippen LogP contribution < -0.4 is 0 Å². The van der Waals surface area contributed by atoms with Crippen LogP contribution in [-0.2, 0) is 11.8 Å². The molecule has 0 aliphatic heterocycles. The molecular weight excluding hydrogens is 267 g/mol. The number of halogens is 1. The lowest BCUT2D eigenvalue weighted by molar-refractivity contribution is 1.53. The second kappa shape index (κ2) is 5.26. The van der Waals surface area contributed by atoms with Crippen molar-refractivity contribution < 1.29 is 0 Å². The van der Waals surface area contributed by atoms with Crippen LogP contribution in [0.3, 0.4) is 0 Å². The van der Waals surface area contributed by atoms with Gasteiger partial charge in [0.1, 0.15) is 0 Å². The normalized spacial score (nSPS) is 16.3. The maximum atomic E-state index is 5.24. The van der Waals surface area contributed by atoms with Gasteiger partial charge in [-0.25, -0.2) is 0 Å². The molecule has 0 aromatic heterocycles. The van der Waals surface area contributed by atoms with Gasteiger partial charge in [-0.3, -0.25) is 0 Å². The smallest absolute Gasteiger partial charge is 0.0543 e. The fourth-order valence-corrected chi connectivity index (χ4v) is 4.28. The first-order valence-corrected chi connectivity index (χ1v) is 9.30. The molecule has 0 aromatic carbocycles. The van der Waals surface area contributed by atoms with Crippen LogP contribution in [-0.4, -0.2) is 11.9 Å². The Morgan fingerprint density at radius 2 is 2.40 bits per heavy atom. The molecular formula is C5H10BrPS3. The Balaban J connectivity index is 3.68. The summed E-state index contributed by atoms with van der Waals surface area (Å²) in [5.41, 5.74) is 0. The van der Waals surface area contributed by atoms with Gasteiger partial charge in [-0.2, -0.15) is 0 Å². The van der Waals surface area contributed by atoms with Crippen LogP contribution in [0, 0.1) is 0 Å². The van der Waals surface area contributed by atoms with E-state index in [-0.39, 0.29) is 0 Å². The van der Waals surface area contributed by atoms with E-state index in [1.54, 1.807) is 11.4 Å². The van der Waals surface area contributed by atoms with Crippen LogP contribution >= 0.6 is 44.0 Å². The van der Waals surface area contributed by atoms with E-state index in [0.717, 1.165) is 16.4 Å². The van der Waals surface area contributed by atoms with E-state index in [1.807, 2.05) is 0 Å². The minimum Gasteiger partial charge on any atom is -0.131 e. The van der Waals surface area contributed by atoms with Crippen molar-refractivity contribution in [2.24, 2.45) is 0 Å². The van der Waals surface area contributed by atoms with Crippen molar-refractivity contribution in [1.29, 1.82) is 0 Å². The van der Waals surface area contributed by atoms with Crippen LogP contribution in [0.2, 0.25) is 0 Å². The molecule has 10 heavy (non-hydrogen) atoms. The fourth-order valence-electron chi connectivity index (χ4n) is 0.262.